The molecule has 15 nitrogen and oxygen atoms in total. The highest BCUT2D eigenvalue weighted by Crippen LogP contribution is 2.25. The van der Waals surface area contributed by atoms with Gasteiger partial charge in [0.05, 0.1) is 0 Å². The third-order valence-electron chi connectivity index (χ3n) is 8.80. The van der Waals surface area contributed by atoms with E-state index in [1.807, 2.05) is 30.9 Å². The summed E-state index contributed by atoms with van der Waals surface area (Å²) >= 11 is 19.4. The molecule has 380 valence electrons. The molecule has 6 heterocycles. The van der Waals surface area contributed by atoms with Gasteiger partial charge in [0.2, 0.25) is 16.1 Å². The lowest BCUT2D eigenvalue weighted by molar-refractivity contribution is 0.0720. The van der Waals surface area contributed by atoms with E-state index in [4.69, 9.17) is 25.8 Å². The van der Waals surface area contributed by atoms with Crippen LogP contribution in [0, 0.1) is 11.6 Å². The van der Waals surface area contributed by atoms with Crippen LogP contribution in [0.1, 0.15) is 0 Å². The molecule has 0 unspecified atom stereocenters. The molecule has 6 aromatic heterocycles. The Labute approximate surface area is 450 Å². The van der Waals surface area contributed by atoms with Gasteiger partial charge in [0.25, 0.3) is 0 Å². The number of halogens is 6. The summed E-state index contributed by atoms with van der Waals surface area (Å²) in [6.07, 6.45) is 10.5. The van der Waals surface area contributed by atoms with Crippen molar-refractivity contribution in [2.75, 3.05) is 44.7 Å². The Morgan fingerprint density at radius 1 is 0.623 bits per heavy atom. The van der Waals surface area contributed by atoms with Crippen LogP contribution in [0.3, 0.4) is 0 Å². The van der Waals surface area contributed by atoms with Crippen molar-refractivity contribution in [1.82, 2.24) is 59.7 Å². The molecular formula is C42H62Br3ClF2N12O3S3Si3. The second-order valence-electron chi connectivity index (χ2n) is 18.4. The summed E-state index contributed by atoms with van der Waals surface area (Å²) in [7, 11) is -3.08. The van der Waals surface area contributed by atoms with E-state index in [1.165, 1.54) is 47.9 Å². The van der Waals surface area contributed by atoms with Crippen LogP contribution in [0.25, 0.3) is 34.6 Å². The van der Waals surface area contributed by atoms with Crippen molar-refractivity contribution in [3.63, 3.8) is 0 Å². The molecule has 0 aliphatic carbocycles. The maximum Gasteiger partial charge on any atom is 0.208 e. The van der Waals surface area contributed by atoms with Crippen LogP contribution in [-0.4, -0.2) is 129 Å². The second kappa shape index (κ2) is 30.3. The van der Waals surface area contributed by atoms with Gasteiger partial charge in [0, 0.05) is 76.1 Å². The first-order valence-electron chi connectivity index (χ1n) is 21.4. The number of nitrogens with one attached hydrogen (secondary N) is 1. The molecule has 0 saturated carbocycles. The molecule has 69 heavy (non-hydrogen) atoms. The summed E-state index contributed by atoms with van der Waals surface area (Å²) in [4.78, 5) is 25.3. The van der Waals surface area contributed by atoms with E-state index >= 15 is 0 Å². The summed E-state index contributed by atoms with van der Waals surface area (Å²) < 4.78 is 49.6. The molecule has 0 radical (unpaired) electrons. The normalized spacial score (nSPS) is 11.6. The van der Waals surface area contributed by atoms with Gasteiger partial charge in [0.1, 0.15) is 36.6 Å². The number of aromatic nitrogens is 12. The third kappa shape index (κ3) is 23.6. The Balaban J connectivity index is 0.000000256. The molecular weight excluding hydrogens is 1210 g/mol. The average molecular weight is 1280 g/mol. The van der Waals surface area contributed by atoms with Crippen molar-refractivity contribution in [2.24, 2.45) is 0 Å². The lowest BCUT2D eigenvalue weighted by Crippen LogP contribution is -2.22. The number of alkyl halides is 1. The molecule has 27 heteroatoms. The van der Waals surface area contributed by atoms with E-state index in [2.05, 4.69) is 157 Å². The SMILES string of the molecule is CSc1n[nH]c(-c2ncc(Br)cc2F)n1.CSc1nc(-c2ccc(Br)cn2)nn1COCC[Si](C)(C)C.CSc1nc(-c2ncc(Br)cc2F)n(COCC[Si](C)(C)C)n1.C[Si](C)(C)CCOCCl. The predicted molar refractivity (Wildman–Crippen MR) is 298 cm³/mol. The van der Waals surface area contributed by atoms with Crippen molar-refractivity contribution < 1.29 is 23.0 Å². The molecule has 0 bridgehead atoms. The predicted octanol–water partition coefficient (Wildman–Crippen LogP) is 13.4. The molecule has 0 saturated heterocycles. The number of hydrogen-bond donors (Lipinski definition) is 1. The summed E-state index contributed by atoms with van der Waals surface area (Å²) in [6.45, 7) is 23.8. The zero-order valence-corrected chi connectivity index (χ0v) is 52.0. The lowest BCUT2D eigenvalue weighted by atomic mass is 10.3. The van der Waals surface area contributed by atoms with Crippen LogP contribution >= 0.6 is 94.7 Å². The van der Waals surface area contributed by atoms with Gasteiger partial charge in [-0.2, -0.15) is 15.0 Å². The summed E-state index contributed by atoms with van der Waals surface area (Å²) in [6, 6.07) is 10.3. The number of pyridine rings is 3. The van der Waals surface area contributed by atoms with Crippen LogP contribution < -0.4 is 0 Å². The molecule has 0 aliphatic heterocycles. The van der Waals surface area contributed by atoms with Gasteiger partial charge in [0.15, 0.2) is 28.4 Å². The van der Waals surface area contributed by atoms with E-state index in [9.17, 15) is 8.78 Å². The van der Waals surface area contributed by atoms with E-state index in [-0.39, 0.29) is 18.1 Å². The summed E-state index contributed by atoms with van der Waals surface area (Å²) in [5.74, 6) is 0.471. The van der Waals surface area contributed by atoms with Gasteiger partial charge in [-0.05, 0) is 109 Å². The van der Waals surface area contributed by atoms with Crippen LogP contribution in [0.5, 0.6) is 0 Å². The Morgan fingerprint density at radius 2 is 1.14 bits per heavy atom. The number of hydrogen-bond acceptors (Lipinski definition) is 15. The Hall–Kier alpha value is -1.96. The Kier molecular flexibility index (Phi) is 26.9. The Bertz CT molecular complexity index is 2460. The standard InChI is InChI=1S/C14H20BrFN4OSSi.C14H21BrN4OSSi.C8H6BrFN4S.C6H15ClOSi/c1-22-14-18-13(12-11(16)7-10(15)8-17-12)20(19-14)9-21-5-6-23(2,3)4;1-21-14-17-13(12-6-5-11(15)9-16-12)18-19(14)10-20-7-8-22(2,3)4;1-15-8-12-7(13-14-8)6-5(10)2-4(9)3-11-6;1-9(2,3)5-4-8-6-7/h7-8H,5-6,9H2,1-4H3;5-6,9H,7-8,10H2,1-4H3;2-3H,1H3,(H,12,13,14);4-6H2,1-3H3. The van der Waals surface area contributed by atoms with Gasteiger partial charge in [-0.1, -0.05) is 106 Å². The first-order chi connectivity index (χ1) is 32.4. The topological polar surface area (TPSA) is 169 Å². The largest absolute Gasteiger partial charge is 0.366 e. The van der Waals surface area contributed by atoms with Gasteiger partial charge in [-0.3, -0.25) is 10.1 Å². The minimum atomic E-state index is -1.14. The quantitative estimate of drug-likeness (QED) is 0.0331. The highest BCUT2D eigenvalue weighted by Gasteiger charge is 2.19. The number of thioether (sulfide) groups is 3. The fourth-order valence-corrected chi connectivity index (χ4v) is 9.34. The van der Waals surface area contributed by atoms with Crippen LogP contribution in [0.2, 0.25) is 77.1 Å². The summed E-state index contributed by atoms with van der Waals surface area (Å²) in [5, 5.41) is 17.3. The Morgan fingerprint density at radius 3 is 1.61 bits per heavy atom. The van der Waals surface area contributed by atoms with Gasteiger partial charge < -0.3 is 14.2 Å². The number of rotatable bonds is 20. The van der Waals surface area contributed by atoms with E-state index in [0.29, 0.717) is 56.1 Å². The zero-order chi connectivity index (χ0) is 51.4. The van der Waals surface area contributed by atoms with Crippen molar-refractivity contribution in [3.8, 4) is 34.6 Å². The fraction of sp³-hybridized carbons (Fsp3) is 0.500. The maximum absolute atomic E-state index is 14.2. The van der Waals surface area contributed by atoms with E-state index in [0.717, 1.165) is 40.6 Å². The monoisotopic (exact) mass is 1270 g/mol. The molecule has 0 spiro atoms. The maximum atomic E-state index is 14.2. The van der Waals surface area contributed by atoms with E-state index < -0.39 is 35.9 Å². The summed E-state index contributed by atoms with van der Waals surface area (Å²) in [5.41, 5.74) is 1.11. The molecule has 1 N–H and O–H groups in total. The van der Waals surface area contributed by atoms with Crippen molar-refractivity contribution in [1.29, 1.82) is 0 Å². The first kappa shape index (κ1) is 61.3. The van der Waals surface area contributed by atoms with Crippen LogP contribution in [0.4, 0.5) is 8.78 Å². The van der Waals surface area contributed by atoms with Crippen LogP contribution in [0.15, 0.2) is 71.7 Å². The zero-order valence-electron chi connectivity index (χ0n) is 41.0. The van der Waals surface area contributed by atoms with E-state index in [1.54, 1.807) is 33.5 Å². The molecule has 0 aromatic carbocycles. The molecule has 0 atom stereocenters. The number of ether oxygens (including phenoxy) is 3. The number of aromatic amines is 1. The average Bonchev–Trinajstić information content (AvgIpc) is 4.03. The van der Waals surface area contributed by atoms with Gasteiger partial charge in [-0.25, -0.2) is 28.1 Å². The van der Waals surface area contributed by atoms with Gasteiger partial charge in [-0.15, -0.1) is 15.3 Å². The minimum Gasteiger partial charge on any atom is -0.366 e. The molecule has 0 amide bonds. The molecule has 0 aliphatic rings. The minimum absolute atomic E-state index is 0.172. The third-order valence-corrected chi connectivity index (χ3v) is 17.2. The van der Waals surface area contributed by atoms with Crippen molar-refractivity contribution >= 4 is 119 Å². The highest BCUT2D eigenvalue weighted by molar-refractivity contribution is 9.11. The lowest BCUT2D eigenvalue weighted by Gasteiger charge is -2.15. The molecule has 6 rings (SSSR count). The highest BCUT2D eigenvalue weighted by atomic mass is 79.9. The molecule has 0 fully saturated rings. The number of nitrogens with zero attached hydrogens (tertiary/aromatic N) is 11. The fourth-order valence-electron chi connectivity index (χ4n) is 4.96. The number of H-pyrrole nitrogens is 1. The first-order valence-corrected chi connectivity index (χ1v) is 39.1. The smallest absolute Gasteiger partial charge is 0.208 e. The second-order valence-corrected chi connectivity index (χ2v) is 40.5. The van der Waals surface area contributed by atoms with Crippen molar-refractivity contribution in [2.45, 2.75) is 106 Å². The van der Waals surface area contributed by atoms with Crippen LogP contribution in [-0.2, 0) is 27.7 Å². The van der Waals surface area contributed by atoms with Gasteiger partial charge >= 0.3 is 0 Å². The molecule has 6 aromatic rings. The van der Waals surface area contributed by atoms with Crippen molar-refractivity contribution in [3.05, 3.63) is 67.9 Å².